The number of nitrogens with zero attached hydrogens (tertiary/aromatic N) is 2. The number of H-pyrrole nitrogens is 2. The first kappa shape index (κ1) is 11.9. The molecule has 0 saturated heterocycles. The molecular formula is C17H14N4. The van der Waals surface area contributed by atoms with E-state index < -0.39 is 0 Å². The molecule has 0 bridgehead atoms. The molecule has 4 heteroatoms. The van der Waals surface area contributed by atoms with Gasteiger partial charge in [0.25, 0.3) is 0 Å². The lowest BCUT2D eigenvalue weighted by Crippen LogP contribution is -2.05. The maximum atomic E-state index is 4.45. The zero-order chi connectivity index (χ0) is 14.1. The van der Waals surface area contributed by atoms with E-state index in [2.05, 4.69) is 44.2 Å². The predicted octanol–water partition coefficient (Wildman–Crippen LogP) is 3.47. The number of benzene rings is 1. The molecule has 1 unspecified atom stereocenters. The van der Waals surface area contributed by atoms with E-state index >= 15 is 0 Å². The Morgan fingerprint density at radius 3 is 2.71 bits per heavy atom. The van der Waals surface area contributed by atoms with Crippen molar-refractivity contribution in [3.63, 3.8) is 0 Å². The van der Waals surface area contributed by atoms with Crippen LogP contribution < -0.4 is 0 Å². The summed E-state index contributed by atoms with van der Waals surface area (Å²) in [7, 11) is 0. The molecule has 1 aromatic carbocycles. The minimum atomic E-state index is 0.0930. The van der Waals surface area contributed by atoms with Gasteiger partial charge in [-0.3, -0.25) is 4.98 Å². The van der Waals surface area contributed by atoms with Crippen LogP contribution in [0.5, 0.6) is 0 Å². The van der Waals surface area contributed by atoms with Gasteiger partial charge in [-0.25, -0.2) is 4.98 Å². The van der Waals surface area contributed by atoms with Crippen LogP contribution in [0, 0.1) is 0 Å². The number of aromatic amines is 2. The first-order valence-electron chi connectivity index (χ1n) is 6.88. The molecule has 4 rings (SSSR count). The monoisotopic (exact) mass is 274 g/mol. The SMILES string of the molecule is c1c[nH]c(C(c2cnc[nH]2)c2cccc3ncccc23)c1. The van der Waals surface area contributed by atoms with E-state index in [0.29, 0.717) is 0 Å². The fraction of sp³-hybridized carbons (Fsp3) is 0.0588. The second-order valence-electron chi connectivity index (χ2n) is 4.98. The highest BCUT2D eigenvalue weighted by Crippen LogP contribution is 2.33. The third kappa shape index (κ3) is 2.01. The summed E-state index contributed by atoms with van der Waals surface area (Å²) in [6, 6.07) is 14.4. The van der Waals surface area contributed by atoms with Gasteiger partial charge in [0.05, 0.1) is 17.8 Å². The van der Waals surface area contributed by atoms with Gasteiger partial charge in [-0.2, -0.15) is 0 Å². The van der Waals surface area contributed by atoms with Gasteiger partial charge in [0, 0.05) is 35.4 Å². The van der Waals surface area contributed by atoms with E-state index in [9.17, 15) is 0 Å². The molecule has 4 nitrogen and oxygen atoms in total. The van der Waals surface area contributed by atoms with Crippen LogP contribution in [0.2, 0.25) is 0 Å². The average Bonchev–Trinajstić information content (AvgIpc) is 3.22. The summed E-state index contributed by atoms with van der Waals surface area (Å²) >= 11 is 0. The molecule has 0 aliphatic heterocycles. The molecule has 0 fully saturated rings. The quantitative estimate of drug-likeness (QED) is 0.601. The molecule has 102 valence electrons. The Kier molecular flexibility index (Phi) is 2.78. The maximum Gasteiger partial charge on any atom is 0.0922 e. The Bertz CT molecular complexity index is 808. The Morgan fingerprint density at radius 1 is 0.905 bits per heavy atom. The summed E-state index contributed by atoms with van der Waals surface area (Å²) in [5, 5.41) is 1.16. The Hall–Kier alpha value is -2.88. The molecule has 0 radical (unpaired) electrons. The lowest BCUT2D eigenvalue weighted by Gasteiger charge is -2.17. The molecule has 2 N–H and O–H groups in total. The number of fused-ring (bicyclic) bond motifs is 1. The normalized spacial score (nSPS) is 12.6. The van der Waals surface area contributed by atoms with E-state index in [1.807, 2.05) is 36.8 Å². The van der Waals surface area contributed by atoms with E-state index in [1.54, 1.807) is 6.33 Å². The third-order valence-electron chi connectivity index (χ3n) is 3.75. The van der Waals surface area contributed by atoms with Crippen LogP contribution >= 0.6 is 0 Å². The number of imidazole rings is 1. The van der Waals surface area contributed by atoms with Crippen molar-refractivity contribution in [3.8, 4) is 0 Å². The van der Waals surface area contributed by atoms with Crippen molar-refractivity contribution in [2.45, 2.75) is 5.92 Å². The number of pyridine rings is 1. The topological polar surface area (TPSA) is 57.4 Å². The first-order valence-corrected chi connectivity index (χ1v) is 6.88. The van der Waals surface area contributed by atoms with Crippen molar-refractivity contribution >= 4 is 10.9 Å². The number of nitrogens with one attached hydrogen (secondary N) is 2. The Balaban J connectivity index is 1.98. The van der Waals surface area contributed by atoms with Gasteiger partial charge in [0.2, 0.25) is 0 Å². The van der Waals surface area contributed by atoms with Crippen LogP contribution in [0.3, 0.4) is 0 Å². The average molecular weight is 274 g/mol. The summed E-state index contributed by atoms with van der Waals surface area (Å²) in [4.78, 5) is 15.2. The minimum absolute atomic E-state index is 0.0930. The van der Waals surface area contributed by atoms with Crippen molar-refractivity contribution < 1.29 is 0 Å². The standard InChI is InChI=1S/C17H14N4/c1-4-13(12-5-2-8-19-14(12)6-1)17(15-7-3-9-20-15)16-10-18-11-21-16/h1-11,17,20H,(H,18,21). The molecule has 0 amide bonds. The highest BCUT2D eigenvalue weighted by atomic mass is 14.9. The maximum absolute atomic E-state index is 4.45. The molecule has 1 atom stereocenters. The summed E-state index contributed by atoms with van der Waals surface area (Å²) < 4.78 is 0. The Labute approximate surface area is 121 Å². The third-order valence-corrected chi connectivity index (χ3v) is 3.75. The van der Waals surface area contributed by atoms with Crippen LogP contribution in [-0.4, -0.2) is 19.9 Å². The number of aromatic nitrogens is 4. The van der Waals surface area contributed by atoms with E-state index in [4.69, 9.17) is 0 Å². The summed E-state index contributed by atoms with van der Waals surface area (Å²) in [6.45, 7) is 0. The molecule has 4 aromatic rings. The second kappa shape index (κ2) is 4.90. The van der Waals surface area contributed by atoms with Crippen molar-refractivity contribution in [1.29, 1.82) is 0 Å². The van der Waals surface area contributed by atoms with Gasteiger partial charge in [0.1, 0.15) is 0 Å². The van der Waals surface area contributed by atoms with Gasteiger partial charge in [-0.1, -0.05) is 18.2 Å². The summed E-state index contributed by atoms with van der Waals surface area (Å²) in [5.74, 6) is 0.0930. The van der Waals surface area contributed by atoms with Gasteiger partial charge in [-0.15, -0.1) is 0 Å². The fourth-order valence-electron chi connectivity index (χ4n) is 2.83. The van der Waals surface area contributed by atoms with Crippen LogP contribution in [-0.2, 0) is 0 Å². The molecule has 0 aliphatic carbocycles. The highest BCUT2D eigenvalue weighted by molar-refractivity contribution is 5.83. The minimum Gasteiger partial charge on any atom is -0.364 e. The first-order chi connectivity index (χ1) is 10.4. The van der Waals surface area contributed by atoms with Gasteiger partial charge >= 0.3 is 0 Å². The highest BCUT2D eigenvalue weighted by Gasteiger charge is 2.20. The van der Waals surface area contributed by atoms with Gasteiger partial charge in [0.15, 0.2) is 0 Å². The van der Waals surface area contributed by atoms with Gasteiger partial charge < -0.3 is 9.97 Å². The molecule has 3 heterocycles. The zero-order valence-electron chi connectivity index (χ0n) is 11.3. The largest absolute Gasteiger partial charge is 0.364 e. The van der Waals surface area contributed by atoms with Crippen molar-refractivity contribution in [3.05, 3.63) is 84.3 Å². The molecule has 3 aromatic heterocycles. The molecule has 21 heavy (non-hydrogen) atoms. The molecule has 0 aliphatic rings. The number of hydrogen-bond acceptors (Lipinski definition) is 2. The van der Waals surface area contributed by atoms with Crippen LogP contribution in [0.25, 0.3) is 10.9 Å². The fourth-order valence-corrected chi connectivity index (χ4v) is 2.83. The van der Waals surface area contributed by atoms with E-state index in [0.717, 1.165) is 22.3 Å². The van der Waals surface area contributed by atoms with E-state index in [1.165, 1.54) is 5.56 Å². The van der Waals surface area contributed by atoms with Crippen molar-refractivity contribution in [2.24, 2.45) is 0 Å². The predicted molar refractivity (Wildman–Crippen MR) is 82.1 cm³/mol. The van der Waals surface area contributed by atoms with Gasteiger partial charge in [-0.05, 0) is 29.8 Å². The number of rotatable bonds is 3. The Morgan fingerprint density at radius 2 is 1.90 bits per heavy atom. The molecular weight excluding hydrogens is 260 g/mol. The van der Waals surface area contributed by atoms with E-state index in [-0.39, 0.29) is 5.92 Å². The molecule has 0 saturated carbocycles. The smallest absolute Gasteiger partial charge is 0.0922 e. The lowest BCUT2D eigenvalue weighted by molar-refractivity contribution is 0.905. The summed E-state index contributed by atoms with van der Waals surface area (Å²) in [6.07, 6.45) is 7.36. The van der Waals surface area contributed by atoms with Crippen LogP contribution in [0.15, 0.2) is 67.4 Å². The molecule has 0 spiro atoms. The van der Waals surface area contributed by atoms with Crippen molar-refractivity contribution in [2.75, 3.05) is 0 Å². The van der Waals surface area contributed by atoms with Crippen LogP contribution in [0.4, 0.5) is 0 Å². The van der Waals surface area contributed by atoms with Crippen molar-refractivity contribution in [1.82, 2.24) is 19.9 Å². The second-order valence-corrected chi connectivity index (χ2v) is 4.98. The summed E-state index contributed by atoms with van der Waals surface area (Å²) in [5.41, 5.74) is 4.42. The number of hydrogen-bond donors (Lipinski definition) is 2. The lowest BCUT2D eigenvalue weighted by atomic mass is 9.90. The zero-order valence-corrected chi connectivity index (χ0v) is 11.3. The van der Waals surface area contributed by atoms with Crippen LogP contribution in [0.1, 0.15) is 22.9 Å².